The number of benzene rings is 1. The Morgan fingerprint density at radius 2 is 1.76 bits per heavy atom. The fourth-order valence-electron chi connectivity index (χ4n) is 2.97. The lowest BCUT2D eigenvalue weighted by molar-refractivity contribution is -0.143. The van der Waals surface area contributed by atoms with E-state index >= 15 is 0 Å². The maximum atomic E-state index is 12.6. The zero-order valence-corrected chi connectivity index (χ0v) is 15.8. The minimum atomic E-state index is -3.60. The monoisotopic (exact) mass is 371 g/mol. The Morgan fingerprint density at radius 3 is 2.32 bits per heavy atom. The summed E-state index contributed by atoms with van der Waals surface area (Å²) in [5.74, 6) is 0.365. The first-order valence-electron chi connectivity index (χ1n) is 8.14. The van der Waals surface area contributed by atoms with Crippen LogP contribution in [0.25, 0.3) is 0 Å². The normalized spacial score (nSPS) is 21.0. The summed E-state index contributed by atoms with van der Waals surface area (Å²) in [7, 11) is -0.676. The molecule has 1 aliphatic heterocycles. The van der Waals surface area contributed by atoms with E-state index in [9.17, 15) is 13.2 Å². The highest BCUT2D eigenvalue weighted by Crippen LogP contribution is 2.30. The minimum absolute atomic E-state index is 0.0555. The Kier molecular flexibility index (Phi) is 6.29. The molecule has 0 bridgehead atoms. The van der Waals surface area contributed by atoms with E-state index in [4.69, 9.17) is 14.2 Å². The molecular weight excluding hydrogens is 346 g/mol. The molecule has 25 heavy (non-hydrogen) atoms. The molecule has 1 heterocycles. The van der Waals surface area contributed by atoms with Crippen LogP contribution in [0.5, 0.6) is 11.5 Å². The van der Waals surface area contributed by atoms with Crippen LogP contribution in [0, 0.1) is 0 Å². The number of carbonyl (C=O) groups excluding carboxylic acids is 1. The summed E-state index contributed by atoms with van der Waals surface area (Å²) in [5.41, 5.74) is 0. The number of methoxy groups -OCH3 is 2. The number of morpholine rings is 1. The van der Waals surface area contributed by atoms with Crippen molar-refractivity contribution in [3.63, 3.8) is 0 Å². The van der Waals surface area contributed by atoms with Gasteiger partial charge < -0.3 is 19.1 Å². The molecular formula is C17H25NO6S. The van der Waals surface area contributed by atoms with E-state index in [1.54, 1.807) is 11.0 Å². The van der Waals surface area contributed by atoms with Crippen LogP contribution in [-0.2, 0) is 19.4 Å². The molecule has 0 N–H and O–H groups in total. The van der Waals surface area contributed by atoms with Crippen molar-refractivity contribution < 1.29 is 27.4 Å². The molecule has 2 atom stereocenters. The number of carbonyl (C=O) groups is 1. The van der Waals surface area contributed by atoms with Crippen molar-refractivity contribution in [3.05, 3.63) is 18.2 Å². The van der Waals surface area contributed by atoms with Crippen molar-refractivity contribution in [2.45, 2.75) is 37.2 Å². The zero-order chi connectivity index (χ0) is 18.6. The molecule has 1 fully saturated rings. The average molecular weight is 371 g/mol. The molecule has 7 nitrogen and oxygen atoms in total. The van der Waals surface area contributed by atoms with Crippen molar-refractivity contribution >= 4 is 15.7 Å². The minimum Gasteiger partial charge on any atom is -0.493 e. The molecule has 2 unspecified atom stereocenters. The summed E-state index contributed by atoms with van der Waals surface area (Å²) < 4.78 is 40.8. The third kappa shape index (κ3) is 4.43. The molecule has 0 saturated carbocycles. The summed E-state index contributed by atoms with van der Waals surface area (Å²) in [5, 5.41) is 0. The van der Waals surface area contributed by atoms with Crippen molar-refractivity contribution in [2.24, 2.45) is 0 Å². The second-order valence-electron chi connectivity index (χ2n) is 6.12. The zero-order valence-electron chi connectivity index (χ0n) is 15.0. The van der Waals surface area contributed by atoms with Gasteiger partial charge in [-0.15, -0.1) is 0 Å². The molecule has 2 rings (SSSR count). The van der Waals surface area contributed by atoms with E-state index in [1.165, 1.54) is 26.4 Å². The van der Waals surface area contributed by atoms with Crippen LogP contribution >= 0.6 is 0 Å². The smallest absolute Gasteiger partial charge is 0.224 e. The van der Waals surface area contributed by atoms with Crippen LogP contribution in [-0.4, -0.2) is 64.5 Å². The maximum Gasteiger partial charge on any atom is 0.224 e. The van der Waals surface area contributed by atoms with Crippen LogP contribution in [0.4, 0.5) is 0 Å². The van der Waals surface area contributed by atoms with Crippen LogP contribution in [0.3, 0.4) is 0 Å². The fraction of sp³-hybridized carbons (Fsp3) is 0.588. The first kappa shape index (κ1) is 19.5. The van der Waals surface area contributed by atoms with Gasteiger partial charge in [-0.1, -0.05) is 0 Å². The molecule has 140 valence electrons. The Balaban J connectivity index is 2.10. The molecule has 0 radical (unpaired) electrons. The van der Waals surface area contributed by atoms with E-state index < -0.39 is 9.84 Å². The molecule has 1 aromatic carbocycles. The second-order valence-corrected chi connectivity index (χ2v) is 8.23. The van der Waals surface area contributed by atoms with Crippen LogP contribution in [0.1, 0.15) is 20.3 Å². The molecule has 1 amide bonds. The largest absolute Gasteiger partial charge is 0.493 e. The van der Waals surface area contributed by atoms with E-state index in [2.05, 4.69) is 0 Å². The van der Waals surface area contributed by atoms with Gasteiger partial charge in [0.15, 0.2) is 21.3 Å². The maximum absolute atomic E-state index is 12.6. The SMILES string of the molecule is COc1ccc(S(=O)(=O)CCC(=O)N2C(C)COCC2C)cc1OC. The summed E-state index contributed by atoms with van der Waals surface area (Å²) >= 11 is 0. The molecule has 0 aliphatic carbocycles. The number of ether oxygens (including phenoxy) is 3. The summed E-state index contributed by atoms with van der Waals surface area (Å²) in [6.45, 7) is 4.74. The van der Waals surface area contributed by atoms with Crippen molar-refractivity contribution in [3.8, 4) is 11.5 Å². The van der Waals surface area contributed by atoms with Gasteiger partial charge in [-0.05, 0) is 26.0 Å². The van der Waals surface area contributed by atoms with Crippen molar-refractivity contribution in [1.29, 1.82) is 0 Å². The molecule has 1 saturated heterocycles. The highest BCUT2D eigenvalue weighted by molar-refractivity contribution is 7.91. The standard InChI is InChI=1S/C17H25NO6S/c1-12-10-24-11-13(2)18(12)17(19)7-8-25(20,21)14-5-6-15(22-3)16(9-14)23-4/h5-6,9,12-13H,7-8,10-11H2,1-4H3. The van der Waals surface area contributed by atoms with Crippen molar-refractivity contribution in [1.82, 2.24) is 4.90 Å². The quantitative estimate of drug-likeness (QED) is 0.754. The van der Waals surface area contributed by atoms with Gasteiger partial charge in [0.05, 0.1) is 50.2 Å². The first-order valence-corrected chi connectivity index (χ1v) is 9.79. The number of hydrogen-bond donors (Lipinski definition) is 0. The molecule has 0 aromatic heterocycles. The third-order valence-electron chi connectivity index (χ3n) is 4.25. The summed E-state index contributed by atoms with van der Waals surface area (Å²) in [6.07, 6.45) is -0.0641. The van der Waals surface area contributed by atoms with E-state index in [0.29, 0.717) is 24.7 Å². The third-order valence-corrected chi connectivity index (χ3v) is 5.97. The fourth-order valence-corrected chi connectivity index (χ4v) is 4.22. The van der Waals surface area contributed by atoms with Gasteiger partial charge in [0.2, 0.25) is 5.91 Å². The Morgan fingerprint density at radius 1 is 1.16 bits per heavy atom. The number of amides is 1. The lowest BCUT2D eigenvalue weighted by Crippen LogP contribution is -2.52. The van der Waals surface area contributed by atoms with Gasteiger partial charge in [0.25, 0.3) is 0 Å². The van der Waals surface area contributed by atoms with Gasteiger partial charge in [-0.25, -0.2) is 8.42 Å². The summed E-state index contributed by atoms with van der Waals surface area (Å²) in [4.78, 5) is 14.3. The number of nitrogens with zero attached hydrogens (tertiary/aromatic N) is 1. The topological polar surface area (TPSA) is 82.1 Å². The number of rotatable bonds is 6. The number of hydrogen-bond acceptors (Lipinski definition) is 6. The van der Waals surface area contributed by atoms with Crippen molar-refractivity contribution in [2.75, 3.05) is 33.2 Å². The van der Waals surface area contributed by atoms with E-state index in [-0.39, 0.29) is 35.1 Å². The van der Waals surface area contributed by atoms with E-state index in [1.807, 2.05) is 13.8 Å². The molecule has 1 aromatic rings. The lowest BCUT2D eigenvalue weighted by Gasteiger charge is -2.38. The Hall–Kier alpha value is -1.80. The highest BCUT2D eigenvalue weighted by atomic mass is 32.2. The van der Waals surface area contributed by atoms with E-state index in [0.717, 1.165) is 0 Å². The van der Waals surface area contributed by atoms with Gasteiger partial charge in [0, 0.05) is 12.5 Å². The Bertz CT molecular complexity index is 708. The molecule has 1 aliphatic rings. The Labute approximate surface area is 148 Å². The highest BCUT2D eigenvalue weighted by Gasteiger charge is 2.30. The van der Waals surface area contributed by atoms with Gasteiger partial charge in [-0.2, -0.15) is 0 Å². The first-order chi connectivity index (χ1) is 11.8. The number of sulfone groups is 1. The average Bonchev–Trinajstić information content (AvgIpc) is 2.59. The molecule has 0 spiro atoms. The second kappa shape index (κ2) is 8.05. The van der Waals surface area contributed by atoms with Gasteiger partial charge in [0.1, 0.15) is 0 Å². The van der Waals surface area contributed by atoms with Gasteiger partial charge >= 0.3 is 0 Å². The van der Waals surface area contributed by atoms with Gasteiger partial charge in [-0.3, -0.25) is 4.79 Å². The summed E-state index contributed by atoms with van der Waals surface area (Å²) in [6, 6.07) is 4.31. The van der Waals surface area contributed by atoms with Crippen LogP contribution in [0.2, 0.25) is 0 Å². The predicted octanol–water partition coefficient (Wildman–Crippen LogP) is 1.50. The molecule has 8 heteroatoms. The predicted molar refractivity (Wildman–Crippen MR) is 92.8 cm³/mol. The van der Waals surface area contributed by atoms with Crippen LogP contribution < -0.4 is 9.47 Å². The van der Waals surface area contributed by atoms with Crippen LogP contribution in [0.15, 0.2) is 23.1 Å². The lowest BCUT2D eigenvalue weighted by atomic mass is 10.1.